The lowest BCUT2D eigenvalue weighted by Crippen LogP contribution is -2.62. The van der Waals surface area contributed by atoms with Gasteiger partial charge >= 0.3 is 5.97 Å². The monoisotopic (exact) mass is 1270 g/mol. The Bertz CT molecular complexity index is 2320. The first-order valence-corrected chi connectivity index (χ1v) is 31.0. The van der Waals surface area contributed by atoms with Crippen molar-refractivity contribution < 1.29 is 67.7 Å². The first-order valence-electron chi connectivity index (χ1n) is 31.0. The molecule has 31 heteroatoms. The molecule has 0 fully saturated rings. The van der Waals surface area contributed by atoms with Gasteiger partial charge in [-0.05, 0) is 100.0 Å². The van der Waals surface area contributed by atoms with Crippen molar-refractivity contribution in [3.63, 3.8) is 0 Å². The number of carbonyl (C=O) groups excluding carboxylic acids is 11. The Labute approximate surface area is 524 Å². The zero-order chi connectivity index (χ0) is 68.2. The Hall–Kier alpha value is -7.25. The van der Waals surface area contributed by atoms with E-state index in [0.717, 1.165) is 0 Å². The predicted octanol–water partition coefficient (Wildman–Crippen LogP) is -3.60. The van der Waals surface area contributed by atoms with E-state index in [1.807, 2.05) is 0 Å². The first kappa shape index (κ1) is 81.8. The third-order valence-electron chi connectivity index (χ3n) is 14.8. The maximum atomic E-state index is 14.3. The van der Waals surface area contributed by atoms with Crippen LogP contribution < -0.4 is 87.2 Å². The molecule has 89 heavy (non-hydrogen) atoms. The molecular formula is C58H109N17O14. The number of aliphatic carboxylic acids is 1. The standard InChI is InChI=1S/C58H109N17O14/c1-13-34(11)46(74-54(85)45(33(9)10)72-50(81)39(26-30(3)4)70-51(82)40(29-76)67-41(77)27-65-48(79)36(61)20-15-17-23-59)55(86)68-37(22-19-25-64-58(62)63)49(80)66-28-42(78)71-43(31(5)6)53(84)75-47(35(12)14-2)56(87)73-44(32(7)8)52(83)69-38(57(88)89)21-16-18-24-60/h30-40,43-47,76H,13-29,59-61H2,1-12H3,(H,65,79)(H,66,80)(H,67,77)(H,68,86)(H,69,83)(H,70,82)(H,71,78)(H,72,81)(H,73,87)(H,74,85)(H,75,84)(H,88,89)(H4,62,63,64)/t34-,35-,36-,37+,38+,39-,40-,43-,44-,45-,46-,47-/m1/s1. The van der Waals surface area contributed by atoms with Gasteiger partial charge in [0, 0.05) is 6.54 Å². The average molecular weight is 1270 g/mol. The number of hydrogen-bond acceptors (Lipinski definition) is 17. The van der Waals surface area contributed by atoms with Crippen LogP contribution in [0.5, 0.6) is 0 Å². The number of guanidine groups is 1. The highest BCUT2D eigenvalue weighted by Gasteiger charge is 2.38. The summed E-state index contributed by atoms with van der Waals surface area (Å²) in [5, 5.41) is 48.1. The van der Waals surface area contributed by atoms with Gasteiger partial charge in [0.25, 0.3) is 0 Å². The van der Waals surface area contributed by atoms with Gasteiger partial charge in [0.05, 0.1) is 25.7 Å². The number of aliphatic imine (C=N–C) groups is 1. The highest BCUT2D eigenvalue weighted by molar-refractivity contribution is 5.99. The largest absolute Gasteiger partial charge is 0.480 e. The zero-order valence-corrected chi connectivity index (χ0v) is 54.4. The fourth-order valence-corrected chi connectivity index (χ4v) is 8.91. The van der Waals surface area contributed by atoms with Crippen molar-refractivity contribution in [3.8, 4) is 0 Å². The first-order chi connectivity index (χ1) is 41.7. The normalized spacial score (nSPS) is 15.4. The summed E-state index contributed by atoms with van der Waals surface area (Å²) in [6, 6.07) is -12.6. The van der Waals surface area contributed by atoms with Gasteiger partial charge in [0.15, 0.2) is 5.96 Å². The molecule has 11 amide bonds. The summed E-state index contributed by atoms with van der Waals surface area (Å²) < 4.78 is 0. The number of carboxylic acid groups (broad SMARTS) is 1. The number of aliphatic hydroxyl groups is 1. The molecule has 12 atom stereocenters. The highest BCUT2D eigenvalue weighted by atomic mass is 16.4. The fraction of sp³-hybridized carbons (Fsp3) is 0.776. The molecule has 0 saturated carbocycles. The van der Waals surface area contributed by atoms with Gasteiger partial charge in [-0.2, -0.15) is 0 Å². The summed E-state index contributed by atoms with van der Waals surface area (Å²) in [5.41, 5.74) is 28.0. The highest BCUT2D eigenvalue weighted by Crippen LogP contribution is 2.16. The molecule has 0 aliphatic heterocycles. The number of nitrogens with two attached hydrogens (primary N) is 5. The predicted molar refractivity (Wildman–Crippen MR) is 335 cm³/mol. The Morgan fingerprint density at radius 2 is 0.809 bits per heavy atom. The summed E-state index contributed by atoms with van der Waals surface area (Å²) >= 11 is 0. The third-order valence-corrected chi connectivity index (χ3v) is 14.8. The van der Waals surface area contributed by atoms with Crippen LogP contribution in [0.25, 0.3) is 0 Å². The summed E-state index contributed by atoms with van der Waals surface area (Å²) in [5.74, 6) is -13.1. The molecule has 0 bridgehead atoms. The molecule has 0 radical (unpaired) electrons. The average Bonchev–Trinajstić information content (AvgIpc) is 3.64. The molecular weight excluding hydrogens is 1160 g/mol. The number of unbranched alkanes of at least 4 members (excludes halogenated alkanes) is 2. The smallest absolute Gasteiger partial charge is 0.326 e. The number of rotatable bonds is 45. The van der Waals surface area contributed by atoms with E-state index in [0.29, 0.717) is 58.0 Å². The summed E-state index contributed by atoms with van der Waals surface area (Å²) in [6.07, 6.45) is 3.56. The van der Waals surface area contributed by atoms with E-state index in [-0.39, 0.29) is 44.1 Å². The van der Waals surface area contributed by atoms with Gasteiger partial charge < -0.3 is 97.4 Å². The molecule has 0 heterocycles. The van der Waals surface area contributed by atoms with E-state index in [1.165, 1.54) is 0 Å². The second-order valence-electron chi connectivity index (χ2n) is 24.0. The Morgan fingerprint density at radius 3 is 1.26 bits per heavy atom. The van der Waals surface area contributed by atoms with Crippen LogP contribution in [-0.2, 0) is 57.5 Å². The van der Waals surface area contributed by atoms with Gasteiger partial charge in [-0.25, -0.2) is 4.79 Å². The molecule has 0 aliphatic carbocycles. The van der Waals surface area contributed by atoms with Crippen LogP contribution in [0.4, 0.5) is 0 Å². The van der Waals surface area contributed by atoms with Crippen LogP contribution in [0.2, 0.25) is 0 Å². The quantitative estimate of drug-likeness (QED) is 0.0159. The molecule has 0 rings (SSSR count). The molecule has 0 unspecified atom stereocenters. The van der Waals surface area contributed by atoms with Crippen molar-refractivity contribution in [2.45, 2.75) is 214 Å². The molecule has 0 aliphatic rings. The van der Waals surface area contributed by atoms with Gasteiger partial charge in [-0.3, -0.25) is 57.7 Å². The maximum Gasteiger partial charge on any atom is 0.326 e. The van der Waals surface area contributed by atoms with E-state index in [1.54, 1.807) is 83.1 Å². The van der Waals surface area contributed by atoms with Gasteiger partial charge in [0.2, 0.25) is 65.0 Å². The van der Waals surface area contributed by atoms with Crippen LogP contribution in [-0.4, -0.2) is 187 Å². The van der Waals surface area contributed by atoms with Gasteiger partial charge in [0.1, 0.15) is 54.4 Å². The number of aliphatic hydroxyl groups excluding tert-OH is 1. The number of amides is 11. The van der Waals surface area contributed by atoms with Gasteiger partial charge in [-0.15, -0.1) is 0 Å². The lowest BCUT2D eigenvalue weighted by atomic mass is 9.95. The van der Waals surface area contributed by atoms with Crippen molar-refractivity contribution in [1.29, 1.82) is 0 Å². The van der Waals surface area contributed by atoms with Crippen molar-refractivity contribution in [1.82, 2.24) is 58.5 Å². The molecule has 0 aromatic rings. The number of nitrogens with one attached hydrogen (secondary N) is 11. The molecule has 0 aromatic heterocycles. The van der Waals surface area contributed by atoms with E-state index >= 15 is 0 Å². The molecule has 0 aromatic carbocycles. The SMILES string of the molecule is CC[C@@H](C)[C@@H](NC(=O)[C@H](NC(=O)[C@@H](CC(C)C)NC(=O)[C@@H](CO)NC(=O)CNC(=O)[C@H](N)CCCCN)C(C)C)C(=O)N[C@@H](CCCN=C(N)N)C(=O)NCC(=O)N[C@@H](C(=O)N[C@@H](C(=O)N[C@@H](C(=O)N[C@@H](CCCCN)C(=O)O)C(C)C)[C@H](C)CC)C(C)C. The number of carboxylic acids is 1. The fourth-order valence-electron chi connectivity index (χ4n) is 8.91. The van der Waals surface area contributed by atoms with E-state index < -0.39 is 181 Å². The number of nitrogens with zero attached hydrogens (tertiary/aromatic N) is 1. The summed E-state index contributed by atoms with van der Waals surface area (Å²) in [7, 11) is 0. The topological polar surface area (TPSA) is 520 Å². The van der Waals surface area contributed by atoms with Crippen LogP contribution in [0, 0.1) is 35.5 Å². The minimum absolute atomic E-state index is 0.0378. The number of hydrogen-bond donors (Lipinski definition) is 18. The molecule has 0 spiro atoms. The second-order valence-corrected chi connectivity index (χ2v) is 24.0. The lowest BCUT2D eigenvalue weighted by Gasteiger charge is -2.31. The zero-order valence-electron chi connectivity index (χ0n) is 54.4. The molecule has 510 valence electrons. The maximum absolute atomic E-state index is 14.3. The van der Waals surface area contributed by atoms with Crippen LogP contribution in [0.3, 0.4) is 0 Å². The van der Waals surface area contributed by atoms with E-state index in [9.17, 15) is 67.7 Å². The second kappa shape index (κ2) is 43.4. The molecule has 31 nitrogen and oxygen atoms in total. The van der Waals surface area contributed by atoms with E-state index in [2.05, 4.69) is 63.5 Å². The summed E-state index contributed by atoms with van der Waals surface area (Å²) in [6.45, 7) is 19.0. The van der Waals surface area contributed by atoms with Crippen molar-refractivity contribution in [2.24, 2.45) is 69.2 Å². The Balaban J connectivity index is 6.45. The van der Waals surface area contributed by atoms with Crippen LogP contribution in [0.1, 0.15) is 154 Å². The summed E-state index contributed by atoms with van der Waals surface area (Å²) in [4.78, 5) is 166. The van der Waals surface area contributed by atoms with Crippen LogP contribution in [0.15, 0.2) is 4.99 Å². The third kappa shape index (κ3) is 31.7. The lowest BCUT2D eigenvalue weighted by molar-refractivity contribution is -0.143. The van der Waals surface area contributed by atoms with Gasteiger partial charge in [-0.1, -0.05) is 102 Å². The van der Waals surface area contributed by atoms with Crippen molar-refractivity contribution >= 4 is 76.9 Å². The van der Waals surface area contributed by atoms with Crippen molar-refractivity contribution in [2.75, 3.05) is 39.3 Å². The van der Waals surface area contributed by atoms with E-state index in [4.69, 9.17) is 28.7 Å². The van der Waals surface area contributed by atoms with Crippen molar-refractivity contribution in [3.05, 3.63) is 0 Å². The number of carbonyl (C=O) groups is 12. The molecule has 23 N–H and O–H groups in total. The molecule has 0 saturated heterocycles. The Morgan fingerprint density at radius 1 is 0.427 bits per heavy atom. The minimum Gasteiger partial charge on any atom is -0.480 e. The van der Waals surface area contributed by atoms with Crippen LogP contribution >= 0.6 is 0 Å². The minimum atomic E-state index is -1.55. The Kier molecular flexibility index (Phi) is 39.9.